The number of hydrogen-bond acceptors (Lipinski definition) is 4. The van der Waals surface area contributed by atoms with Gasteiger partial charge in [0.2, 0.25) is 0 Å². The van der Waals surface area contributed by atoms with Gasteiger partial charge in [-0.2, -0.15) is 0 Å². The molecule has 0 aromatic carbocycles. The zero-order valence-corrected chi connectivity index (χ0v) is 22.8. The van der Waals surface area contributed by atoms with Crippen molar-refractivity contribution in [2.75, 3.05) is 13.2 Å². The van der Waals surface area contributed by atoms with Gasteiger partial charge in [0.25, 0.3) is 0 Å². The van der Waals surface area contributed by atoms with Crippen molar-refractivity contribution in [2.45, 2.75) is 155 Å². The molecule has 4 heteroatoms. The van der Waals surface area contributed by atoms with E-state index in [0.29, 0.717) is 13.2 Å². The van der Waals surface area contributed by atoms with E-state index in [1.165, 1.54) is 89.9 Å². The van der Waals surface area contributed by atoms with E-state index >= 15 is 0 Å². The first-order chi connectivity index (χ1) is 16.7. The Morgan fingerprint density at radius 1 is 0.500 bits per heavy atom. The molecule has 200 valence electrons. The van der Waals surface area contributed by atoms with Crippen molar-refractivity contribution < 1.29 is 19.1 Å². The molecule has 0 N–H and O–H groups in total. The summed E-state index contributed by atoms with van der Waals surface area (Å²) in [6.07, 6.45) is 26.2. The quantitative estimate of drug-likeness (QED) is 0.115. The van der Waals surface area contributed by atoms with E-state index in [1.54, 1.807) is 0 Å². The molecule has 0 radical (unpaired) electrons. The van der Waals surface area contributed by atoms with Crippen LogP contribution in [0.5, 0.6) is 0 Å². The minimum atomic E-state index is -0.302. The van der Waals surface area contributed by atoms with E-state index in [9.17, 15) is 9.59 Å². The maximum Gasteiger partial charge on any atom is 0.309 e. The van der Waals surface area contributed by atoms with Crippen molar-refractivity contribution in [3.8, 4) is 0 Å². The van der Waals surface area contributed by atoms with Crippen molar-refractivity contribution in [3.63, 3.8) is 0 Å². The number of hydrogen-bond donors (Lipinski definition) is 0. The largest absolute Gasteiger partial charge is 0.465 e. The highest BCUT2D eigenvalue weighted by Crippen LogP contribution is 2.32. The average Bonchev–Trinajstić information content (AvgIpc) is 2.86. The second-order valence-corrected chi connectivity index (χ2v) is 10.5. The second-order valence-electron chi connectivity index (χ2n) is 10.5. The number of carbonyl (C=O) groups excluding carboxylic acids is 2. The van der Waals surface area contributed by atoms with Crippen LogP contribution in [0.15, 0.2) is 0 Å². The van der Waals surface area contributed by atoms with Crippen LogP contribution in [0.25, 0.3) is 0 Å². The Hall–Kier alpha value is -1.06. The molecule has 34 heavy (non-hydrogen) atoms. The van der Waals surface area contributed by atoms with Gasteiger partial charge in [0.15, 0.2) is 0 Å². The van der Waals surface area contributed by atoms with Crippen molar-refractivity contribution in [3.05, 3.63) is 0 Å². The summed E-state index contributed by atoms with van der Waals surface area (Å²) < 4.78 is 11.1. The fourth-order valence-corrected chi connectivity index (χ4v) is 5.08. The minimum absolute atomic E-state index is 0.177. The molecular formula is C30H56O4. The predicted molar refractivity (Wildman–Crippen MR) is 142 cm³/mol. The van der Waals surface area contributed by atoms with Gasteiger partial charge in [0, 0.05) is 0 Å². The van der Waals surface area contributed by atoms with Crippen LogP contribution in [0.1, 0.15) is 155 Å². The van der Waals surface area contributed by atoms with Gasteiger partial charge in [0.1, 0.15) is 0 Å². The van der Waals surface area contributed by atoms with Gasteiger partial charge in [-0.15, -0.1) is 0 Å². The van der Waals surface area contributed by atoms with Crippen molar-refractivity contribution >= 4 is 11.9 Å². The normalized spacial score (nSPS) is 18.1. The molecule has 2 unspecified atom stereocenters. The molecule has 2 atom stereocenters. The third-order valence-electron chi connectivity index (χ3n) is 7.36. The van der Waals surface area contributed by atoms with E-state index in [2.05, 4.69) is 13.8 Å². The molecule has 1 aliphatic carbocycles. The number of carbonyl (C=O) groups is 2. The van der Waals surface area contributed by atoms with Gasteiger partial charge in [-0.25, -0.2) is 0 Å². The SMILES string of the molecule is CCCCCCCCCCCCCCCOC(=O)C1CCCCC1C(=O)OCCCCCCC. The lowest BCUT2D eigenvalue weighted by Crippen LogP contribution is -2.35. The van der Waals surface area contributed by atoms with Gasteiger partial charge in [-0.05, 0) is 25.7 Å². The van der Waals surface area contributed by atoms with E-state index < -0.39 is 0 Å². The fraction of sp³-hybridized carbons (Fsp3) is 0.933. The third-order valence-corrected chi connectivity index (χ3v) is 7.36. The first-order valence-electron chi connectivity index (χ1n) is 15.0. The Morgan fingerprint density at radius 2 is 0.794 bits per heavy atom. The summed E-state index contributed by atoms with van der Waals surface area (Å²) in [6, 6.07) is 0. The molecule has 1 rings (SSSR count). The topological polar surface area (TPSA) is 52.6 Å². The van der Waals surface area contributed by atoms with Crippen LogP contribution in [0.4, 0.5) is 0 Å². The lowest BCUT2D eigenvalue weighted by atomic mass is 9.79. The fourth-order valence-electron chi connectivity index (χ4n) is 5.08. The first kappa shape index (κ1) is 31.0. The summed E-state index contributed by atoms with van der Waals surface area (Å²) in [7, 11) is 0. The highest BCUT2D eigenvalue weighted by atomic mass is 16.5. The van der Waals surface area contributed by atoms with Crippen LogP contribution in [0.3, 0.4) is 0 Å². The van der Waals surface area contributed by atoms with E-state index in [1.807, 2.05) is 0 Å². The first-order valence-corrected chi connectivity index (χ1v) is 15.0. The Labute approximate surface area is 211 Å². The predicted octanol–water partition coefficient (Wildman–Crippen LogP) is 8.94. The molecule has 4 nitrogen and oxygen atoms in total. The molecule has 0 aliphatic heterocycles. The Balaban J connectivity index is 2.05. The van der Waals surface area contributed by atoms with Crippen LogP contribution in [-0.4, -0.2) is 25.2 Å². The number of rotatable bonds is 22. The smallest absolute Gasteiger partial charge is 0.309 e. The van der Waals surface area contributed by atoms with Gasteiger partial charge < -0.3 is 9.47 Å². The summed E-state index contributed by atoms with van der Waals surface area (Å²) in [5, 5.41) is 0. The maximum absolute atomic E-state index is 12.6. The molecule has 1 fully saturated rings. The van der Waals surface area contributed by atoms with E-state index in [4.69, 9.17) is 9.47 Å². The van der Waals surface area contributed by atoms with Gasteiger partial charge in [0.05, 0.1) is 25.0 Å². The van der Waals surface area contributed by atoms with E-state index in [-0.39, 0.29) is 23.8 Å². The minimum Gasteiger partial charge on any atom is -0.465 e. The average molecular weight is 481 g/mol. The zero-order chi connectivity index (χ0) is 24.7. The number of esters is 2. The molecule has 0 bridgehead atoms. The van der Waals surface area contributed by atoms with Crippen LogP contribution in [0.2, 0.25) is 0 Å². The van der Waals surface area contributed by atoms with Crippen LogP contribution in [-0.2, 0) is 19.1 Å². The van der Waals surface area contributed by atoms with Crippen molar-refractivity contribution in [1.29, 1.82) is 0 Å². The maximum atomic E-state index is 12.6. The van der Waals surface area contributed by atoms with Crippen molar-refractivity contribution in [1.82, 2.24) is 0 Å². The van der Waals surface area contributed by atoms with Gasteiger partial charge >= 0.3 is 11.9 Å². The standard InChI is InChI=1S/C30H56O4/c1-3-5-7-9-10-11-12-13-14-15-16-18-22-26-34-30(32)28-24-20-19-23-27(28)29(31)33-25-21-17-8-6-4-2/h27-28H,3-26H2,1-2H3. The zero-order valence-electron chi connectivity index (χ0n) is 22.8. The molecule has 1 saturated carbocycles. The highest BCUT2D eigenvalue weighted by molar-refractivity contribution is 5.82. The number of unbranched alkanes of at least 4 members (excludes halogenated alkanes) is 16. The molecule has 0 spiro atoms. The number of ether oxygens (including phenoxy) is 2. The van der Waals surface area contributed by atoms with E-state index in [0.717, 1.165) is 51.4 Å². The molecule has 1 aliphatic rings. The van der Waals surface area contributed by atoms with Crippen molar-refractivity contribution in [2.24, 2.45) is 11.8 Å². The second kappa shape index (κ2) is 22.4. The summed E-state index contributed by atoms with van der Waals surface area (Å²) in [6.45, 7) is 5.44. The van der Waals surface area contributed by atoms with Crippen LogP contribution >= 0.6 is 0 Å². The molecule has 0 amide bonds. The van der Waals surface area contributed by atoms with Crippen LogP contribution in [0, 0.1) is 11.8 Å². The molecule has 0 saturated heterocycles. The summed E-state index contributed by atoms with van der Waals surface area (Å²) >= 11 is 0. The molecule has 0 aromatic rings. The Bertz CT molecular complexity index is 490. The molecule has 0 heterocycles. The lowest BCUT2D eigenvalue weighted by molar-refractivity contribution is -0.163. The highest BCUT2D eigenvalue weighted by Gasteiger charge is 2.37. The van der Waals surface area contributed by atoms with Crippen LogP contribution < -0.4 is 0 Å². The summed E-state index contributed by atoms with van der Waals surface area (Å²) in [5.41, 5.74) is 0. The lowest BCUT2D eigenvalue weighted by Gasteiger charge is -2.28. The molecular weight excluding hydrogens is 424 g/mol. The Morgan fingerprint density at radius 3 is 1.12 bits per heavy atom. The Kier molecular flexibility index (Phi) is 20.4. The van der Waals surface area contributed by atoms with Gasteiger partial charge in [-0.1, -0.05) is 129 Å². The molecule has 0 aromatic heterocycles. The monoisotopic (exact) mass is 480 g/mol. The summed E-state index contributed by atoms with van der Waals surface area (Å²) in [4.78, 5) is 25.2. The third kappa shape index (κ3) is 15.8. The summed E-state index contributed by atoms with van der Waals surface area (Å²) in [5.74, 6) is -0.964. The van der Waals surface area contributed by atoms with Gasteiger partial charge in [-0.3, -0.25) is 9.59 Å².